The molecule has 4 nitrogen and oxygen atoms in total. The molecule has 0 amide bonds. The lowest BCUT2D eigenvalue weighted by Crippen LogP contribution is -2.33. The van der Waals surface area contributed by atoms with E-state index in [1.165, 1.54) is 12.5 Å². The van der Waals surface area contributed by atoms with Gasteiger partial charge in [0.05, 0.1) is 0 Å². The zero-order valence-corrected chi connectivity index (χ0v) is 15.0. The van der Waals surface area contributed by atoms with Crippen molar-refractivity contribution in [1.29, 1.82) is 0 Å². The molecule has 1 aromatic carbocycles. The van der Waals surface area contributed by atoms with Gasteiger partial charge in [0.15, 0.2) is 0 Å². The van der Waals surface area contributed by atoms with Gasteiger partial charge in [-0.25, -0.2) is 0 Å². The highest BCUT2D eigenvalue weighted by molar-refractivity contribution is 6.52. The second kappa shape index (κ2) is 6.03. The van der Waals surface area contributed by atoms with Crippen molar-refractivity contribution in [2.75, 3.05) is 0 Å². The molecular weight excluding hydrogens is 316 g/mol. The molecule has 0 aromatic heterocycles. The molecule has 2 aliphatic rings. The average Bonchev–Trinajstić information content (AvgIpc) is 2.56. The smallest absolute Gasteiger partial charge is 0.234 e. The highest BCUT2D eigenvalue weighted by Gasteiger charge is 2.36. The van der Waals surface area contributed by atoms with Gasteiger partial charge < -0.3 is 9.84 Å². The standard InChI is InChI=1S/C21H22O4/c1-12(2)6-5-10-21(4)11-9-14-16(25-21)8-7-15-17(14)20(24)19(23)13(3)18(15)22/h6-9,11,22H,5,10H2,1-4H3/t21-/m1/s1. The number of hydrogen-bond acceptors (Lipinski definition) is 4. The van der Waals surface area contributed by atoms with Crippen LogP contribution in [0.2, 0.25) is 0 Å². The van der Waals surface area contributed by atoms with E-state index < -0.39 is 17.2 Å². The summed E-state index contributed by atoms with van der Waals surface area (Å²) in [7, 11) is 0. The van der Waals surface area contributed by atoms with Crippen molar-refractivity contribution >= 4 is 23.4 Å². The van der Waals surface area contributed by atoms with Crippen LogP contribution in [0.25, 0.3) is 11.8 Å². The van der Waals surface area contributed by atoms with E-state index in [9.17, 15) is 14.7 Å². The van der Waals surface area contributed by atoms with Gasteiger partial charge >= 0.3 is 0 Å². The average molecular weight is 338 g/mol. The minimum absolute atomic E-state index is 0.0877. The Kier molecular flexibility index (Phi) is 4.15. The number of ether oxygens (including phenoxy) is 1. The number of ketones is 2. The number of hydrogen-bond donors (Lipinski definition) is 1. The third-order valence-electron chi connectivity index (χ3n) is 4.73. The zero-order chi connectivity index (χ0) is 18.4. The zero-order valence-electron chi connectivity index (χ0n) is 15.0. The number of Topliss-reactive ketones (excluding diaryl/α,β-unsaturated/α-hetero) is 2. The molecule has 1 atom stereocenters. The van der Waals surface area contributed by atoms with E-state index in [1.54, 1.807) is 12.1 Å². The summed E-state index contributed by atoms with van der Waals surface area (Å²) in [6.45, 7) is 7.59. The van der Waals surface area contributed by atoms with Gasteiger partial charge in [0.1, 0.15) is 17.1 Å². The Hall–Kier alpha value is -2.62. The summed E-state index contributed by atoms with van der Waals surface area (Å²) >= 11 is 0. The molecule has 130 valence electrons. The Balaban J connectivity index is 2.01. The second-order valence-electron chi connectivity index (χ2n) is 7.10. The predicted octanol–water partition coefficient (Wildman–Crippen LogP) is 4.65. The molecule has 0 radical (unpaired) electrons. The summed E-state index contributed by atoms with van der Waals surface area (Å²) in [5.41, 5.74) is 2.07. The van der Waals surface area contributed by atoms with E-state index in [1.807, 2.05) is 19.1 Å². The van der Waals surface area contributed by atoms with E-state index in [-0.39, 0.29) is 16.9 Å². The van der Waals surface area contributed by atoms with E-state index >= 15 is 0 Å². The number of rotatable bonds is 3. The van der Waals surface area contributed by atoms with Crippen molar-refractivity contribution in [2.45, 2.75) is 46.1 Å². The van der Waals surface area contributed by atoms with Crippen LogP contribution in [0.1, 0.15) is 62.0 Å². The molecule has 1 aromatic rings. The second-order valence-corrected chi connectivity index (χ2v) is 7.10. The Morgan fingerprint density at radius 2 is 1.96 bits per heavy atom. The highest BCUT2D eigenvalue weighted by atomic mass is 16.5. The quantitative estimate of drug-likeness (QED) is 0.643. The SMILES string of the molecule is CC(C)=CCC[C@]1(C)C=Cc2c(ccc3c2C(=O)C(=O)C(C)=C3O)O1. The largest absolute Gasteiger partial charge is 0.507 e. The van der Waals surface area contributed by atoms with Crippen molar-refractivity contribution in [3.63, 3.8) is 0 Å². The molecule has 0 spiro atoms. The highest BCUT2D eigenvalue weighted by Crippen LogP contribution is 2.40. The van der Waals surface area contributed by atoms with Crippen molar-refractivity contribution in [1.82, 2.24) is 0 Å². The predicted molar refractivity (Wildman–Crippen MR) is 97.7 cm³/mol. The maximum absolute atomic E-state index is 12.5. The molecule has 0 fully saturated rings. The van der Waals surface area contributed by atoms with Crippen LogP contribution >= 0.6 is 0 Å². The van der Waals surface area contributed by atoms with Crippen LogP contribution in [-0.4, -0.2) is 22.3 Å². The fourth-order valence-corrected chi connectivity index (χ4v) is 3.22. The van der Waals surface area contributed by atoms with Gasteiger partial charge in [-0.1, -0.05) is 17.7 Å². The van der Waals surface area contributed by atoms with Crippen LogP contribution in [0.15, 0.2) is 35.4 Å². The summed E-state index contributed by atoms with van der Waals surface area (Å²) < 4.78 is 6.14. The number of fused-ring (bicyclic) bond motifs is 3. The topological polar surface area (TPSA) is 63.6 Å². The van der Waals surface area contributed by atoms with Gasteiger partial charge in [-0.15, -0.1) is 0 Å². The van der Waals surface area contributed by atoms with E-state index in [2.05, 4.69) is 19.9 Å². The first-order valence-corrected chi connectivity index (χ1v) is 8.41. The minimum Gasteiger partial charge on any atom is -0.507 e. The fraction of sp³-hybridized carbons (Fsp3) is 0.333. The molecule has 0 saturated carbocycles. The maximum Gasteiger partial charge on any atom is 0.234 e. The summed E-state index contributed by atoms with van der Waals surface area (Å²) in [6.07, 6.45) is 7.62. The summed E-state index contributed by atoms with van der Waals surface area (Å²) in [6, 6.07) is 3.40. The van der Waals surface area contributed by atoms with Gasteiger partial charge in [-0.2, -0.15) is 0 Å². The van der Waals surface area contributed by atoms with Crippen LogP contribution in [-0.2, 0) is 4.79 Å². The minimum atomic E-state index is -0.663. The van der Waals surface area contributed by atoms with E-state index in [0.717, 1.165) is 12.8 Å². The first kappa shape index (κ1) is 17.2. The lowest BCUT2D eigenvalue weighted by molar-refractivity contribution is -0.111. The summed E-state index contributed by atoms with van der Waals surface area (Å²) in [4.78, 5) is 24.5. The van der Waals surface area contributed by atoms with Gasteiger partial charge in [0.2, 0.25) is 11.6 Å². The molecule has 1 heterocycles. The molecule has 25 heavy (non-hydrogen) atoms. The number of carbonyl (C=O) groups excluding carboxylic acids is 2. The van der Waals surface area contributed by atoms with Crippen LogP contribution in [0.3, 0.4) is 0 Å². The molecule has 1 aliphatic heterocycles. The Morgan fingerprint density at radius 3 is 2.64 bits per heavy atom. The third kappa shape index (κ3) is 2.93. The first-order chi connectivity index (χ1) is 11.7. The molecule has 0 unspecified atom stereocenters. The van der Waals surface area contributed by atoms with Crippen LogP contribution in [0, 0.1) is 0 Å². The maximum atomic E-state index is 12.5. The summed E-state index contributed by atoms with van der Waals surface area (Å²) in [5.74, 6) is -0.825. The van der Waals surface area contributed by atoms with Gasteiger partial charge in [0, 0.05) is 22.3 Å². The molecular formula is C21H22O4. The lowest BCUT2D eigenvalue weighted by Gasteiger charge is -2.33. The molecule has 4 heteroatoms. The lowest BCUT2D eigenvalue weighted by atomic mass is 9.84. The number of aliphatic hydroxyl groups excluding tert-OH is 1. The molecule has 3 rings (SSSR count). The van der Waals surface area contributed by atoms with Crippen molar-refractivity contribution in [2.24, 2.45) is 0 Å². The van der Waals surface area contributed by atoms with Gasteiger partial charge in [0.25, 0.3) is 0 Å². The molecule has 0 bridgehead atoms. The fourth-order valence-electron chi connectivity index (χ4n) is 3.22. The Bertz CT molecular complexity index is 866. The normalized spacial score (nSPS) is 21.6. The molecule has 1 N–H and O–H groups in total. The Morgan fingerprint density at radius 1 is 1.24 bits per heavy atom. The van der Waals surface area contributed by atoms with Crippen molar-refractivity contribution in [3.8, 4) is 5.75 Å². The van der Waals surface area contributed by atoms with Crippen molar-refractivity contribution < 1.29 is 19.4 Å². The van der Waals surface area contributed by atoms with Crippen LogP contribution in [0.4, 0.5) is 0 Å². The first-order valence-electron chi connectivity index (χ1n) is 8.41. The number of aliphatic hydroxyl groups is 1. The number of benzene rings is 1. The Labute approximate surface area is 147 Å². The summed E-state index contributed by atoms with van der Waals surface area (Å²) in [5, 5.41) is 10.2. The van der Waals surface area contributed by atoms with Gasteiger partial charge in [-0.05, 0) is 58.7 Å². The van der Waals surface area contributed by atoms with E-state index in [0.29, 0.717) is 16.9 Å². The van der Waals surface area contributed by atoms with Crippen LogP contribution < -0.4 is 4.74 Å². The van der Waals surface area contributed by atoms with Crippen LogP contribution in [0.5, 0.6) is 5.75 Å². The number of allylic oxidation sites excluding steroid dienone is 3. The monoisotopic (exact) mass is 338 g/mol. The van der Waals surface area contributed by atoms with Gasteiger partial charge in [-0.3, -0.25) is 9.59 Å². The number of carbonyl (C=O) groups is 2. The molecule has 0 saturated heterocycles. The van der Waals surface area contributed by atoms with E-state index in [4.69, 9.17) is 4.74 Å². The molecule has 1 aliphatic carbocycles. The van der Waals surface area contributed by atoms with Crippen molar-refractivity contribution in [3.05, 3.63) is 52.1 Å². The third-order valence-corrected chi connectivity index (χ3v) is 4.73.